The van der Waals surface area contributed by atoms with Crippen LogP contribution in [0, 0.1) is 0 Å². The zero-order valence-corrected chi connectivity index (χ0v) is 24.1. The fraction of sp³-hybridized carbons (Fsp3) is 0.367. The Morgan fingerprint density at radius 3 is 2.57 bits per heavy atom. The van der Waals surface area contributed by atoms with Crippen LogP contribution in [0.5, 0.6) is 5.88 Å². The van der Waals surface area contributed by atoms with E-state index in [2.05, 4.69) is 15.2 Å². The van der Waals surface area contributed by atoms with Crippen LogP contribution in [-0.2, 0) is 6.18 Å². The number of piperazine rings is 1. The van der Waals surface area contributed by atoms with Gasteiger partial charge in [0.2, 0.25) is 5.88 Å². The van der Waals surface area contributed by atoms with E-state index in [-0.39, 0.29) is 35.6 Å². The zero-order valence-electron chi connectivity index (χ0n) is 23.4. The Morgan fingerprint density at radius 1 is 1.12 bits per heavy atom. The van der Waals surface area contributed by atoms with Crippen LogP contribution < -0.4 is 20.7 Å². The number of hydrogen-bond acceptors (Lipinski definition) is 6. The number of rotatable bonds is 9. The fourth-order valence-corrected chi connectivity index (χ4v) is 5.28. The third-order valence-corrected chi connectivity index (χ3v) is 7.42. The normalized spacial score (nSPS) is 15.5. The number of nitrogens with two attached hydrogens (primary N) is 1. The average Bonchev–Trinajstić information content (AvgIpc) is 2.99. The van der Waals surface area contributed by atoms with Gasteiger partial charge in [0.1, 0.15) is 0 Å². The van der Waals surface area contributed by atoms with Crippen molar-refractivity contribution in [1.29, 1.82) is 0 Å². The van der Waals surface area contributed by atoms with Crippen molar-refractivity contribution in [1.82, 2.24) is 15.2 Å². The second kappa shape index (κ2) is 13.4. The van der Waals surface area contributed by atoms with Crippen LogP contribution in [0.25, 0.3) is 11.1 Å². The van der Waals surface area contributed by atoms with Crippen LogP contribution in [0.4, 0.5) is 18.9 Å². The van der Waals surface area contributed by atoms with E-state index in [4.69, 9.17) is 22.1 Å². The first kappa shape index (κ1) is 31.1. The van der Waals surface area contributed by atoms with Crippen LogP contribution >= 0.6 is 11.6 Å². The summed E-state index contributed by atoms with van der Waals surface area (Å²) in [5, 5.41) is 2.60. The Bertz CT molecular complexity index is 1440. The van der Waals surface area contributed by atoms with Crippen molar-refractivity contribution < 1.29 is 27.5 Å². The highest BCUT2D eigenvalue weighted by atomic mass is 35.5. The molecule has 1 atom stereocenters. The molecule has 4 rings (SSSR count). The molecule has 8 nitrogen and oxygen atoms in total. The highest BCUT2D eigenvalue weighted by Crippen LogP contribution is 2.35. The average molecular weight is 604 g/mol. The predicted octanol–water partition coefficient (Wildman–Crippen LogP) is 5.25. The largest absolute Gasteiger partial charge is 0.478 e. The van der Waals surface area contributed by atoms with Crippen LogP contribution in [0.15, 0.2) is 54.7 Å². The number of halogens is 4. The Kier molecular flexibility index (Phi) is 9.95. The summed E-state index contributed by atoms with van der Waals surface area (Å²) in [4.78, 5) is 34.7. The number of pyridine rings is 1. The van der Waals surface area contributed by atoms with E-state index < -0.39 is 17.6 Å². The lowest BCUT2D eigenvalue weighted by Crippen LogP contribution is -2.55. The molecule has 3 N–H and O–H groups in total. The van der Waals surface area contributed by atoms with E-state index in [0.29, 0.717) is 49.8 Å². The van der Waals surface area contributed by atoms with E-state index in [9.17, 15) is 22.8 Å². The summed E-state index contributed by atoms with van der Waals surface area (Å²) in [7, 11) is 0. The molecule has 3 aromatic rings. The van der Waals surface area contributed by atoms with Crippen molar-refractivity contribution in [2.45, 2.75) is 32.5 Å². The summed E-state index contributed by atoms with van der Waals surface area (Å²) in [6, 6.07) is 11.8. The highest BCUT2D eigenvalue weighted by Gasteiger charge is 2.34. The van der Waals surface area contributed by atoms with Gasteiger partial charge in [-0.2, -0.15) is 13.2 Å². The van der Waals surface area contributed by atoms with Gasteiger partial charge in [-0.25, -0.2) is 4.98 Å². The van der Waals surface area contributed by atoms with Crippen LogP contribution in [0.2, 0.25) is 5.02 Å². The van der Waals surface area contributed by atoms with E-state index in [1.165, 1.54) is 0 Å². The molecule has 12 heteroatoms. The van der Waals surface area contributed by atoms with E-state index >= 15 is 0 Å². The maximum Gasteiger partial charge on any atom is 0.416 e. The lowest BCUT2D eigenvalue weighted by atomic mass is 9.99. The Hall–Kier alpha value is -3.83. The molecule has 2 heterocycles. The van der Waals surface area contributed by atoms with E-state index in [0.717, 1.165) is 29.3 Å². The molecule has 42 heavy (non-hydrogen) atoms. The molecule has 0 radical (unpaired) electrons. The number of carbonyl (C=O) groups is 2. The van der Waals surface area contributed by atoms with E-state index in [1.807, 2.05) is 32.0 Å². The summed E-state index contributed by atoms with van der Waals surface area (Å²) in [5.74, 6) is -0.270. The highest BCUT2D eigenvalue weighted by molar-refractivity contribution is 6.33. The number of ether oxygens (including phenoxy) is 1. The second-order valence-electron chi connectivity index (χ2n) is 9.76. The van der Waals surface area contributed by atoms with E-state index in [1.54, 1.807) is 23.2 Å². The minimum absolute atomic E-state index is 0.0146. The predicted molar refractivity (Wildman–Crippen MR) is 156 cm³/mol. The number of amides is 2. The molecular formula is C30H33ClF3N5O3. The molecule has 2 aromatic carbocycles. The summed E-state index contributed by atoms with van der Waals surface area (Å²) >= 11 is 6.11. The quantitative estimate of drug-likeness (QED) is 0.347. The molecule has 0 saturated carbocycles. The smallest absolute Gasteiger partial charge is 0.416 e. The van der Waals surface area contributed by atoms with Gasteiger partial charge in [0.25, 0.3) is 11.8 Å². The van der Waals surface area contributed by atoms with Crippen molar-refractivity contribution in [2.75, 3.05) is 44.2 Å². The molecule has 0 bridgehead atoms. The molecule has 1 aliphatic heterocycles. The Balaban J connectivity index is 1.64. The van der Waals surface area contributed by atoms with Gasteiger partial charge in [-0.1, -0.05) is 24.6 Å². The first-order chi connectivity index (χ1) is 20.1. The van der Waals surface area contributed by atoms with Crippen molar-refractivity contribution in [2.24, 2.45) is 5.73 Å². The first-order valence-corrected chi connectivity index (χ1v) is 14.1. The Labute approximate surface area is 247 Å². The second-order valence-corrected chi connectivity index (χ2v) is 10.2. The third-order valence-electron chi connectivity index (χ3n) is 7.11. The maximum atomic E-state index is 13.3. The SMILES string of the molecule is CCOc1ncccc1-c1ccc(N2CCN(C(=O)c3ccc(C(F)(F)F)cc3Cl)C[C@H]2CC)c(C(=O)NCCN)c1. The molecule has 1 aromatic heterocycles. The van der Waals surface area contributed by atoms with Gasteiger partial charge in [0.15, 0.2) is 0 Å². The summed E-state index contributed by atoms with van der Waals surface area (Å²) < 4.78 is 45.0. The maximum absolute atomic E-state index is 13.3. The topological polar surface area (TPSA) is 101 Å². The number of anilines is 1. The van der Waals surface area contributed by atoms with Crippen molar-refractivity contribution in [3.63, 3.8) is 0 Å². The summed E-state index contributed by atoms with van der Waals surface area (Å²) in [6.07, 6.45) is -2.27. The van der Waals surface area contributed by atoms with Gasteiger partial charge in [0, 0.05) is 56.2 Å². The number of aromatic nitrogens is 1. The van der Waals surface area contributed by atoms with Gasteiger partial charge in [-0.3, -0.25) is 9.59 Å². The van der Waals surface area contributed by atoms with Crippen molar-refractivity contribution in [3.05, 3.63) is 76.4 Å². The number of alkyl halides is 3. The Morgan fingerprint density at radius 2 is 1.90 bits per heavy atom. The van der Waals surface area contributed by atoms with Gasteiger partial charge in [0.05, 0.1) is 28.3 Å². The van der Waals surface area contributed by atoms with Gasteiger partial charge < -0.3 is 25.6 Å². The first-order valence-electron chi connectivity index (χ1n) is 13.7. The molecule has 1 fully saturated rings. The number of nitrogens with zero attached hydrogens (tertiary/aromatic N) is 3. The van der Waals surface area contributed by atoms with Crippen molar-refractivity contribution in [3.8, 4) is 17.0 Å². The van der Waals surface area contributed by atoms with Crippen LogP contribution in [0.3, 0.4) is 0 Å². The number of carbonyl (C=O) groups excluding carboxylic acids is 2. The number of benzene rings is 2. The summed E-state index contributed by atoms with van der Waals surface area (Å²) in [5.41, 5.74) is 7.37. The molecular weight excluding hydrogens is 571 g/mol. The van der Waals surface area contributed by atoms with Gasteiger partial charge in [-0.05, 0) is 61.4 Å². The minimum atomic E-state index is -4.56. The molecule has 1 saturated heterocycles. The number of hydrogen-bond donors (Lipinski definition) is 2. The number of nitrogens with one attached hydrogen (secondary N) is 1. The zero-order chi connectivity index (χ0) is 30.4. The lowest BCUT2D eigenvalue weighted by molar-refractivity contribution is -0.137. The lowest BCUT2D eigenvalue weighted by Gasteiger charge is -2.43. The van der Waals surface area contributed by atoms with Gasteiger partial charge in [-0.15, -0.1) is 0 Å². The van der Waals surface area contributed by atoms with Gasteiger partial charge >= 0.3 is 6.18 Å². The minimum Gasteiger partial charge on any atom is -0.478 e. The fourth-order valence-electron chi connectivity index (χ4n) is 5.02. The summed E-state index contributed by atoms with van der Waals surface area (Å²) in [6.45, 7) is 5.85. The van der Waals surface area contributed by atoms with Crippen LogP contribution in [0.1, 0.15) is 46.5 Å². The standard InChI is InChI=1S/C30H33ClF3N5O3/c1-3-21-18-38(29(41)23-9-8-20(17-25(23)31)30(32,33)34)14-15-39(21)26-10-7-19(16-24(26)27(40)36-13-11-35)22-6-5-12-37-28(22)42-4-2/h5-10,12,16-17,21H,3-4,11,13-15,18,35H2,1-2H3,(H,36,40)/t21-/m1/s1. The monoisotopic (exact) mass is 603 g/mol. The molecule has 1 aliphatic rings. The van der Waals surface area contributed by atoms with Crippen molar-refractivity contribution >= 4 is 29.1 Å². The molecule has 2 amide bonds. The molecule has 0 spiro atoms. The molecule has 0 unspecified atom stereocenters. The van der Waals surface area contributed by atoms with Crippen LogP contribution in [-0.4, -0.2) is 67.1 Å². The molecule has 224 valence electrons. The molecule has 0 aliphatic carbocycles. The third kappa shape index (κ3) is 6.79.